The molecular formula is C21H24ClN3O3S. The highest BCUT2D eigenvalue weighted by molar-refractivity contribution is 7.22. The lowest BCUT2D eigenvalue weighted by molar-refractivity contribution is 0.0600. The number of hydrogen-bond acceptors (Lipinski definition) is 6. The van der Waals surface area contributed by atoms with E-state index < -0.39 is 5.97 Å². The number of anilines is 1. The summed E-state index contributed by atoms with van der Waals surface area (Å²) in [6.45, 7) is 1.44. The molecule has 0 aliphatic heterocycles. The Morgan fingerprint density at radius 1 is 1.00 bits per heavy atom. The molecule has 0 spiro atoms. The third-order valence-corrected chi connectivity index (χ3v) is 5.36. The Labute approximate surface area is 180 Å². The van der Waals surface area contributed by atoms with Gasteiger partial charge in [-0.15, -0.1) is 12.4 Å². The third kappa shape index (κ3) is 5.53. The molecule has 0 fully saturated rings. The van der Waals surface area contributed by atoms with Gasteiger partial charge >= 0.3 is 5.97 Å². The maximum atomic E-state index is 13.2. The number of aromatic nitrogens is 1. The van der Waals surface area contributed by atoms with Gasteiger partial charge in [0.25, 0.3) is 5.91 Å². The first-order chi connectivity index (χ1) is 13.5. The fraction of sp³-hybridized carbons (Fsp3) is 0.286. The Morgan fingerprint density at radius 3 is 2.28 bits per heavy atom. The summed E-state index contributed by atoms with van der Waals surface area (Å²) in [5, 5.41) is 0.682. The van der Waals surface area contributed by atoms with Gasteiger partial charge in [-0.2, -0.15) is 0 Å². The molecule has 0 saturated carbocycles. The Bertz CT molecular complexity index is 940. The predicted octanol–water partition coefficient (Wildman–Crippen LogP) is 4.10. The van der Waals surface area contributed by atoms with E-state index in [1.807, 2.05) is 38.4 Å². The molecule has 29 heavy (non-hydrogen) atoms. The first-order valence-corrected chi connectivity index (χ1v) is 9.82. The van der Waals surface area contributed by atoms with Crippen molar-refractivity contribution in [1.29, 1.82) is 0 Å². The van der Waals surface area contributed by atoms with E-state index in [0.717, 1.165) is 23.2 Å². The zero-order valence-corrected chi connectivity index (χ0v) is 18.3. The number of halogens is 1. The van der Waals surface area contributed by atoms with Gasteiger partial charge in [-0.3, -0.25) is 9.69 Å². The zero-order chi connectivity index (χ0) is 20.1. The van der Waals surface area contributed by atoms with Crippen LogP contribution in [0.4, 0.5) is 5.13 Å². The van der Waals surface area contributed by atoms with E-state index in [-0.39, 0.29) is 18.3 Å². The standard InChI is InChI=1S/C21H23N3O3S.ClH/c1-23(2)13-6-14-24(21-22-17-7-4-5-8-18(17)28-21)19(25)15-9-11-16(12-10-15)20(26)27-3;/h4-5,7-12H,6,13-14H2,1-3H3;1H. The van der Waals surface area contributed by atoms with Gasteiger partial charge in [0.1, 0.15) is 0 Å². The van der Waals surface area contributed by atoms with Crippen LogP contribution in [0.3, 0.4) is 0 Å². The molecular weight excluding hydrogens is 410 g/mol. The highest BCUT2D eigenvalue weighted by Gasteiger charge is 2.21. The van der Waals surface area contributed by atoms with Crippen molar-refractivity contribution >= 4 is 51.0 Å². The van der Waals surface area contributed by atoms with E-state index in [1.54, 1.807) is 29.2 Å². The predicted molar refractivity (Wildman–Crippen MR) is 119 cm³/mol. The zero-order valence-electron chi connectivity index (χ0n) is 16.6. The van der Waals surface area contributed by atoms with Crippen LogP contribution in [0.15, 0.2) is 48.5 Å². The summed E-state index contributed by atoms with van der Waals surface area (Å²) in [6.07, 6.45) is 0.828. The van der Waals surface area contributed by atoms with Crippen molar-refractivity contribution < 1.29 is 14.3 Å². The molecule has 2 aromatic carbocycles. The summed E-state index contributed by atoms with van der Waals surface area (Å²) in [4.78, 5) is 33.3. The fourth-order valence-electron chi connectivity index (χ4n) is 2.83. The maximum Gasteiger partial charge on any atom is 0.337 e. The number of para-hydroxylation sites is 1. The Balaban J connectivity index is 0.00000300. The first-order valence-electron chi connectivity index (χ1n) is 9.00. The molecule has 0 bridgehead atoms. The molecule has 3 aromatic rings. The number of methoxy groups -OCH3 is 1. The van der Waals surface area contributed by atoms with Gasteiger partial charge in [0.2, 0.25) is 0 Å². The van der Waals surface area contributed by atoms with Crippen LogP contribution in [0.25, 0.3) is 10.2 Å². The number of rotatable bonds is 7. The second-order valence-electron chi connectivity index (χ2n) is 6.65. The molecule has 0 radical (unpaired) electrons. The van der Waals surface area contributed by atoms with Gasteiger partial charge in [0.05, 0.1) is 22.9 Å². The number of ether oxygens (including phenoxy) is 1. The molecule has 8 heteroatoms. The van der Waals surface area contributed by atoms with Crippen LogP contribution in [0.1, 0.15) is 27.1 Å². The van der Waals surface area contributed by atoms with E-state index in [9.17, 15) is 9.59 Å². The minimum Gasteiger partial charge on any atom is -0.465 e. The topological polar surface area (TPSA) is 62.7 Å². The normalized spacial score (nSPS) is 10.6. The third-order valence-electron chi connectivity index (χ3n) is 4.30. The molecule has 1 heterocycles. The summed E-state index contributed by atoms with van der Waals surface area (Å²) in [5.41, 5.74) is 1.81. The van der Waals surface area contributed by atoms with Crippen LogP contribution in [-0.2, 0) is 4.74 Å². The lowest BCUT2D eigenvalue weighted by Crippen LogP contribution is -2.33. The highest BCUT2D eigenvalue weighted by atomic mass is 35.5. The summed E-state index contributed by atoms with van der Waals surface area (Å²) < 4.78 is 5.76. The van der Waals surface area contributed by atoms with Gasteiger partial charge in [0, 0.05) is 12.1 Å². The van der Waals surface area contributed by atoms with Gasteiger partial charge < -0.3 is 9.64 Å². The van der Waals surface area contributed by atoms with Crippen LogP contribution in [0.2, 0.25) is 0 Å². The number of hydrogen-bond donors (Lipinski definition) is 0. The van der Waals surface area contributed by atoms with Crippen molar-refractivity contribution in [2.24, 2.45) is 0 Å². The minimum atomic E-state index is -0.423. The summed E-state index contributed by atoms with van der Waals surface area (Å²) in [6, 6.07) is 14.4. The average Bonchev–Trinajstić information content (AvgIpc) is 3.14. The van der Waals surface area contributed by atoms with Crippen molar-refractivity contribution in [2.45, 2.75) is 6.42 Å². The van der Waals surface area contributed by atoms with Crippen LogP contribution in [0, 0.1) is 0 Å². The van der Waals surface area contributed by atoms with Crippen molar-refractivity contribution in [3.8, 4) is 0 Å². The number of benzene rings is 2. The van der Waals surface area contributed by atoms with E-state index >= 15 is 0 Å². The van der Waals surface area contributed by atoms with E-state index in [1.165, 1.54) is 18.4 Å². The minimum absolute atomic E-state index is 0. The van der Waals surface area contributed by atoms with Gasteiger partial charge in [-0.25, -0.2) is 9.78 Å². The number of carbonyl (C=O) groups excluding carboxylic acids is 2. The van der Waals surface area contributed by atoms with Crippen LogP contribution < -0.4 is 4.90 Å². The van der Waals surface area contributed by atoms with Crippen LogP contribution in [0.5, 0.6) is 0 Å². The number of amides is 1. The van der Waals surface area contributed by atoms with Crippen molar-refractivity contribution in [3.05, 3.63) is 59.7 Å². The molecule has 1 amide bonds. The molecule has 0 aliphatic carbocycles. The van der Waals surface area contributed by atoms with Crippen LogP contribution >= 0.6 is 23.7 Å². The van der Waals surface area contributed by atoms with Crippen molar-refractivity contribution in [2.75, 3.05) is 39.2 Å². The SMILES string of the molecule is COC(=O)c1ccc(C(=O)N(CCCN(C)C)c2nc3ccccc3s2)cc1.Cl. The molecule has 154 valence electrons. The molecule has 3 rings (SSSR count). The number of nitrogens with zero attached hydrogens (tertiary/aromatic N) is 3. The number of esters is 1. The number of thiazole rings is 1. The molecule has 6 nitrogen and oxygen atoms in total. The van der Waals surface area contributed by atoms with Gasteiger partial charge in [-0.05, 0) is 63.5 Å². The monoisotopic (exact) mass is 433 g/mol. The number of carbonyl (C=O) groups is 2. The Hall–Kier alpha value is -2.48. The van der Waals surface area contributed by atoms with Crippen LogP contribution in [-0.4, -0.2) is 56.1 Å². The van der Waals surface area contributed by atoms with Crippen molar-refractivity contribution in [3.63, 3.8) is 0 Å². The van der Waals surface area contributed by atoms with E-state index in [4.69, 9.17) is 4.74 Å². The van der Waals surface area contributed by atoms with Gasteiger partial charge in [-0.1, -0.05) is 23.5 Å². The average molecular weight is 434 g/mol. The first kappa shape index (κ1) is 22.8. The molecule has 0 N–H and O–H groups in total. The second kappa shape index (κ2) is 10.3. The van der Waals surface area contributed by atoms with Crippen molar-refractivity contribution in [1.82, 2.24) is 9.88 Å². The quantitative estimate of drug-likeness (QED) is 0.525. The molecule has 0 saturated heterocycles. The van der Waals surface area contributed by atoms with Gasteiger partial charge in [0.15, 0.2) is 5.13 Å². The summed E-state index contributed by atoms with van der Waals surface area (Å²) >= 11 is 1.51. The maximum absolute atomic E-state index is 13.2. The van der Waals surface area contributed by atoms with E-state index in [2.05, 4.69) is 9.88 Å². The smallest absolute Gasteiger partial charge is 0.337 e. The summed E-state index contributed by atoms with van der Waals surface area (Å²) in [7, 11) is 5.35. The summed E-state index contributed by atoms with van der Waals surface area (Å²) in [5.74, 6) is -0.553. The number of fused-ring (bicyclic) bond motifs is 1. The second-order valence-corrected chi connectivity index (χ2v) is 7.66. The molecule has 0 unspecified atom stereocenters. The lowest BCUT2D eigenvalue weighted by Gasteiger charge is -2.21. The molecule has 1 aromatic heterocycles. The molecule has 0 atom stereocenters. The Kier molecular flexibility index (Phi) is 8.13. The largest absolute Gasteiger partial charge is 0.465 e. The van der Waals surface area contributed by atoms with E-state index in [0.29, 0.717) is 22.8 Å². The lowest BCUT2D eigenvalue weighted by atomic mass is 10.1. The Morgan fingerprint density at radius 2 is 1.66 bits per heavy atom. The highest BCUT2D eigenvalue weighted by Crippen LogP contribution is 2.29. The fourth-order valence-corrected chi connectivity index (χ4v) is 3.82. The molecule has 0 aliphatic rings.